The smallest absolute Gasteiger partial charge is 0.150 e. The molecule has 0 bridgehead atoms. The van der Waals surface area contributed by atoms with Crippen LogP contribution in [0.25, 0.3) is 0 Å². The molecule has 1 aliphatic heterocycles. The molecule has 0 saturated carbocycles. The lowest BCUT2D eigenvalue weighted by Gasteiger charge is -2.30. The summed E-state index contributed by atoms with van der Waals surface area (Å²) in [4.78, 5) is 0. The van der Waals surface area contributed by atoms with Gasteiger partial charge in [-0.15, -0.1) is 0 Å². The van der Waals surface area contributed by atoms with Gasteiger partial charge in [0.25, 0.3) is 0 Å². The Kier molecular flexibility index (Phi) is 3.61. The number of hydrogen-bond acceptors (Lipinski definition) is 3. The molecule has 0 spiro atoms. The van der Waals surface area contributed by atoms with Crippen LogP contribution in [0.4, 0.5) is 0 Å². The van der Waals surface area contributed by atoms with Gasteiger partial charge < -0.3 is 14.6 Å². The van der Waals surface area contributed by atoms with Crippen molar-refractivity contribution in [2.45, 2.75) is 25.6 Å². The number of benzene rings is 2. The van der Waals surface area contributed by atoms with Crippen molar-refractivity contribution in [2.24, 2.45) is 0 Å². The first-order chi connectivity index (χ1) is 9.78. The fourth-order valence-electron chi connectivity index (χ4n) is 2.55. The van der Waals surface area contributed by atoms with Crippen LogP contribution in [-0.2, 0) is 6.42 Å². The van der Waals surface area contributed by atoms with E-state index in [1.165, 1.54) is 0 Å². The summed E-state index contributed by atoms with van der Waals surface area (Å²) in [7, 11) is 0. The van der Waals surface area contributed by atoms with E-state index >= 15 is 0 Å². The molecule has 1 aliphatic rings. The monoisotopic (exact) mass is 270 g/mol. The third-order valence-electron chi connectivity index (χ3n) is 3.52. The van der Waals surface area contributed by atoms with E-state index in [0.29, 0.717) is 13.0 Å². The maximum absolute atomic E-state index is 10.3. The molecule has 3 nitrogen and oxygen atoms in total. The van der Waals surface area contributed by atoms with E-state index in [2.05, 4.69) is 0 Å². The highest BCUT2D eigenvalue weighted by Gasteiger charge is 2.29. The minimum Gasteiger partial charge on any atom is -0.494 e. The summed E-state index contributed by atoms with van der Waals surface area (Å²) in [6.45, 7) is 2.61. The first-order valence-corrected chi connectivity index (χ1v) is 6.93. The molecule has 0 unspecified atom stereocenters. The van der Waals surface area contributed by atoms with Crippen LogP contribution in [0.1, 0.15) is 24.2 Å². The molecule has 0 saturated heterocycles. The summed E-state index contributed by atoms with van der Waals surface area (Å²) < 4.78 is 11.4. The molecule has 2 aromatic rings. The van der Waals surface area contributed by atoms with E-state index in [9.17, 15) is 5.11 Å². The second-order valence-electron chi connectivity index (χ2n) is 4.92. The van der Waals surface area contributed by atoms with Crippen molar-refractivity contribution in [3.8, 4) is 11.5 Å². The maximum Gasteiger partial charge on any atom is 0.150 e. The minimum atomic E-state index is -0.525. The van der Waals surface area contributed by atoms with Gasteiger partial charge in [-0.25, -0.2) is 0 Å². The van der Waals surface area contributed by atoms with Crippen molar-refractivity contribution in [3.63, 3.8) is 0 Å². The number of rotatable bonds is 3. The number of fused-ring (bicyclic) bond motifs is 1. The van der Waals surface area contributed by atoms with Crippen molar-refractivity contribution in [1.82, 2.24) is 0 Å². The molecule has 0 aliphatic carbocycles. The summed E-state index contributed by atoms with van der Waals surface area (Å²) in [5.41, 5.74) is 2.03. The van der Waals surface area contributed by atoms with Crippen LogP contribution in [0.2, 0.25) is 0 Å². The van der Waals surface area contributed by atoms with Gasteiger partial charge in [-0.3, -0.25) is 0 Å². The van der Waals surface area contributed by atoms with Crippen LogP contribution >= 0.6 is 0 Å². The molecule has 0 radical (unpaired) electrons. The highest BCUT2D eigenvalue weighted by atomic mass is 16.5. The maximum atomic E-state index is 10.3. The van der Waals surface area contributed by atoms with Gasteiger partial charge in [-0.2, -0.15) is 0 Å². The third-order valence-corrected chi connectivity index (χ3v) is 3.52. The zero-order valence-electron chi connectivity index (χ0n) is 11.5. The van der Waals surface area contributed by atoms with Gasteiger partial charge in [-0.05, 0) is 36.2 Å². The van der Waals surface area contributed by atoms with Gasteiger partial charge in [0, 0.05) is 6.42 Å². The zero-order valence-corrected chi connectivity index (χ0v) is 11.5. The van der Waals surface area contributed by atoms with Crippen LogP contribution in [0.15, 0.2) is 48.5 Å². The lowest BCUT2D eigenvalue weighted by Crippen LogP contribution is -2.30. The number of aliphatic hydroxyl groups is 1. The standard InChI is InChI=1S/C17H18O3/c1-2-19-14-9-7-12(8-10-14)17-15(18)11-13-5-3-4-6-16(13)20-17/h3-10,15,17-18H,2,11H2,1H3/t15-,17+/m0/s1. The lowest BCUT2D eigenvalue weighted by atomic mass is 9.95. The van der Waals surface area contributed by atoms with Crippen LogP contribution in [0, 0.1) is 0 Å². The molecule has 3 heteroatoms. The Bertz CT molecular complexity index is 577. The second kappa shape index (κ2) is 5.55. The van der Waals surface area contributed by atoms with E-state index in [4.69, 9.17) is 9.47 Å². The lowest BCUT2D eigenvalue weighted by molar-refractivity contribution is 0.0208. The fourth-order valence-corrected chi connectivity index (χ4v) is 2.55. The number of para-hydroxylation sites is 1. The van der Waals surface area contributed by atoms with E-state index in [0.717, 1.165) is 22.6 Å². The normalized spacial score (nSPS) is 20.9. The number of ether oxygens (including phenoxy) is 2. The first kappa shape index (κ1) is 13.0. The molecule has 1 N–H and O–H groups in total. The quantitative estimate of drug-likeness (QED) is 0.931. The second-order valence-corrected chi connectivity index (χ2v) is 4.92. The molecule has 2 atom stereocenters. The van der Waals surface area contributed by atoms with E-state index in [-0.39, 0.29) is 6.10 Å². The molecule has 0 amide bonds. The van der Waals surface area contributed by atoms with E-state index in [1.54, 1.807) is 0 Å². The number of hydrogen-bond donors (Lipinski definition) is 1. The molecule has 1 heterocycles. The van der Waals surface area contributed by atoms with Gasteiger partial charge >= 0.3 is 0 Å². The Morgan fingerprint density at radius 3 is 2.65 bits per heavy atom. The van der Waals surface area contributed by atoms with E-state index in [1.807, 2.05) is 55.5 Å². The van der Waals surface area contributed by atoms with Crippen LogP contribution in [-0.4, -0.2) is 17.8 Å². The summed E-state index contributed by atoms with van der Waals surface area (Å²) >= 11 is 0. The molecule has 104 valence electrons. The molecule has 20 heavy (non-hydrogen) atoms. The van der Waals surface area contributed by atoms with Gasteiger partial charge in [0.15, 0.2) is 0 Å². The topological polar surface area (TPSA) is 38.7 Å². The van der Waals surface area contributed by atoms with Crippen molar-refractivity contribution < 1.29 is 14.6 Å². The fraction of sp³-hybridized carbons (Fsp3) is 0.294. The Morgan fingerprint density at radius 2 is 1.90 bits per heavy atom. The van der Waals surface area contributed by atoms with Gasteiger partial charge in [0.05, 0.1) is 12.7 Å². The third kappa shape index (κ3) is 2.49. The summed E-state index contributed by atoms with van der Waals surface area (Å²) in [6, 6.07) is 15.6. The van der Waals surface area contributed by atoms with Gasteiger partial charge in [0.2, 0.25) is 0 Å². The average Bonchev–Trinajstić information content (AvgIpc) is 2.48. The zero-order chi connectivity index (χ0) is 13.9. The molecule has 2 aromatic carbocycles. The largest absolute Gasteiger partial charge is 0.494 e. The van der Waals surface area contributed by atoms with Crippen LogP contribution in [0.5, 0.6) is 11.5 Å². The number of aliphatic hydroxyl groups excluding tert-OH is 1. The Balaban J connectivity index is 1.83. The van der Waals surface area contributed by atoms with Crippen molar-refractivity contribution >= 4 is 0 Å². The summed E-state index contributed by atoms with van der Waals surface area (Å²) in [5, 5.41) is 10.3. The van der Waals surface area contributed by atoms with Crippen molar-refractivity contribution in [2.75, 3.05) is 6.61 Å². The predicted octanol–water partition coefficient (Wildman–Crippen LogP) is 3.12. The molecule has 0 fully saturated rings. The Morgan fingerprint density at radius 1 is 1.15 bits per heavy atom. The van der Waals surface area contributed by atoms with Crippen LogP contribution in [0.3, 0.4) is 0 Å². The SMILES string of the molecule is CCOc1ccc([C@H]2Oc3ccccc3C[C@@H]2O)cc1. The van der Waals surface area contributed by atoms with E-state index < -0.39 is 6.10 Å². The molecular formula is C17H18O3. The van der Waals surface area contributed by atoms with Crippen molar-refractivity contribution in [3.05, 3.63) is 59.7 Å². The Labute approximate surface area is 118 Å². The predicted molar refractivity (Wildman–Crippen MR) is 77.1 cm³/mol. The molecule has 3 rings (SSSR count). The summed E-state index contributed by atoms with van der Waals surface area (Å²) in [5.74, 6) is 1.69. The highest BCUT2D eigenvalue weighted by Crippen LogP contribution is 2.35. The minimum absolute atomic E-state index is 0.319. The van der Waals surface area contributed by atoms with Crippen LogP contribution < -0.4 is 9.47 Å². The highest BCUT2D eigenvalue weighted by molar-refractivity contribution is 5.38. The molecular weight excluding hydrogens is 252 g/mol. The van der Waals surface area contributed by atoms with Gasteiger partial charge in [0.1, 0.15) is 17.6 Å². The van der Waals surface area contributed by atoms with Gasteiger partial charge in [-0.1, -0.05) is 30.3 Å². The molecule has 0 aromatic heterocycles. The average molecular weight is 270 g/mol. The summed E-state index contributed by atoms with van der Waals surface area (Å²) in [6.07, 6.45) is -0.225. The van der Waals surface area contributed by atoms with Crippen molar-refractivity contribution in [1.29, 1.82) is 0 Å². The Hall–Kier alpha value is -2.00. The first-order valence-electron chi connectivity index (χ1n) is 6.93.